The Morgan fingerprint density at radius 1 is 1.06 bits per heavy atom. The van der Waals surface area contributed by atoms with Crippen molar-refractivity contribution in [2.75, 3.05) is 26.5 Å². The van der Waals surface area contributed by atoms with Gasteiger partial charge in [0.2, 0.25) is 5.91 Å². The minimum Gasteiger partial charge on any atom is -0.493 e. The van der Waals surface area contributed by atoms with Gasteiger partial charge in [-0.1, -0.05) is 36.0 Å². The molecule has 0 fully saturated rings. The van der Waals surface area contributed by atoms with E-state index in [-0.39, 0.29) is 5.91 Å². The van der Waals surface area contributed by atoms with E-state index < -0.39 is 0 Å². The van der Waals surface area contributed by atoms with E-state index in [1.165, 1.54) is 36.0 Å². The van der Waals surface area contributed by atoms with E-state index >= 15 is 0 Å². The summed E-state index contributed by atoms with van der Waals surface area (Å²) in [5.41, 5.74) is 4.66. The van der Waals surface area contributed by atoms with Crippen molar-refractivity contribution in [2.45, 2.75) is 37.3 Å². The van der Waals surface area contributed by atoms with Crippen molar-refractivity contribution in [1.29, 1.82) is 0 Å². The summed E-state index contributed by atoms with van der Waals surface area (Å²) in [5.74, 6) is 1.75. The van der Waals surface area contributed by atoms with Crippen LogP contribution in [0.2, 0.25) is 0 Å². The number of para-hydroxylation sites is 1. The third kappa shape index (κ3) is 5.10. The summed E-state index contributed by atoms with van der Waals surface area (Å²) in [6, 6.07) is 16.1. The molecule has 0 saturated carbocycles. The molecular weight excluding hydrogens is 422 g/mol. The summed E-state index contributed by atoms with van der Waals surface area (Å²) in [5, 5.41) is 3.92. The van der Waals surface area contributed by atoms with Gasteiger partial charge in [0, 0.05) is 17.9 Å². The van der Waals surface area contributed by atoms with E-state index in [9.17, 15) is 4.79 Å². The number of nitrogens with one attached hydrogen (secondary N) is 1. The van der Waals surface area contributed by atoms with Crippen LogP contribution in [0.3, 0.4) is 0 Å². The fraction of sp³-hybridized carbons (Fsp3) is 0.360. The molecule has 6 nitrogen and oxygen atoms in total. The van der Waals surface area contributed by atoms with Gasteiger partial charge in [-0.2, -0.15) is 0 Å². The van der Waals surface area contributed by atoms with Crippen molar-refractivity contribution in [3.63, 3.8) is 0 Å². The number of rotatable bonds is 9. The van der Waals surface area contributed by atoms with Crippen molar-refractivity contribution >= 4 is 17.7 Å². The Morgan fingerprint density at radius 2 is 1.84 bits per heavy atom. The molecule has 1 aromatic heterocycles. The van der Waals surface area contributed by atoms with Crippen LogP contribution in [0.1, 0.15) is 29.8 Å². The van der Waals surface area contributed by atoms with Gasteiger partial charge < -0.3 is 14.8 Å². The molecule has 168 valence electrons. The van der Waals surface area contributed by atoms with Crippen LogP contribution in [0, 0.1) is 0 Å². The molecule has 1 heterocycles. The zero-order valence-electron chi connectivity index (χ0n) is 18.6. The normalized spacial score (nSPS) is 12.8. The summed E-state index contributed by atoms with van der Waals surface area (Å²) in [7, 11) is 3.24. The Hall–Kier alpha value is -2.93. The Balaban J connectivity index is 1.36. The maximum atomic E-state index is 12.5. The maximum absolute atomic E-state index is 12.5. The zero-order chi connectivity index (χ0) is 22.3. The highest BCUT2D eigenvalue weighted by Crippen LogP contribution is 2.30. The number of carbonyl (C=O) groups is 1. The number of thioether (sulfide) groups is 1. The number of benzene rings is 2. The lowest BCUT2D eigenvalue weighted by atomic mass is 10.0. The molecule has 1 amide bonds. The van der Waals surface area contributed by atoms with E-state index in [0.717, 1.165) is 35.7 Å². The second kappa shape index (κ2) is 10.6. The SMILES string of the molecule is COc1ccc(CCNC(=O)CSc2nc3c(n2-c2ccccc2)CCCC3)cc1OC. The topological polar surface area (TPSA) is 65.4 Å². The lowest BCUT2D eigenvalue weighted by molar-refractivity contribution is -0.118. The summed E-state index contributed by atoms with van der Waals surface area (Å²) in [6.07, 6.45) is 5.14. The van der Waals surface area contributed by atoms with E-state index in [1.54, 1.807) is 14.2 Å². The molecule has 0 radical (unpaired) electrons. The summed E-state index contributed by atoms with van der Waals surface area (Å²) in [4.78, 5) is 17.4. The minimum atomic E-state index is 0.0102. The first-order valence-electron chi connectivity index (χ1n) is 11.0. The Bertz CT molecular complexity index is 1070. The smallest absolute Gasteiger partial charge is 0.230 e. The lowest BCUT2D eigenvalue weighted by Crippen LogP contribution is -2.27. The van der Waals surface area contributed by atoms with Crippen LogP contribution in [0.25, 0.3) is 5.69 Å². The predicted molar refractivity (Wildman–Crippen MR) is 127 cm³/mol. The van der Waals surface area contributed by atoms with E-state index in [4.69, 9.17) is 14.5 Å². The monoisotopic (exact) mass is 451 g/mol. The fourth-order valence-electron chi connectivity index (χ4n) is 4.02. The van der Waals surface area contributed by atoms with Gasteiger partial charge in [0.15, 0.2) is 16.7 Å². The molecule has 4 rings (SSSR count). The second-order valence-corrected chi connectivity index (χ2v) is 8.69. The van der Waals surface area contributed by atoms with Crippen LogP contribution in [-0.4, -0.2) is 42.0 Å². The van der Waals surface area contributed by atoms with Crippen molar-refractivity contribution in [1.82, 2.24) is 14.9 Å². The maximum Gasteiger partial charge on any atom is 0.230 e. The first-order chi connectivity index (χ1) is 15.7. The minimum absolute atomic E-state index is 0.0102. The van der Waals surface area contributed by atoms with E-state index in [2.05, 4.69) is 22.0 Å². The van der Waals surface area contributed by atoms with Crippen LogP contribution in [0.5, 0.6) is 11.5 Å². The number of imidazole rings is 1. The fourth-order valence-corrected chi connectivity index (χ4v) is 4.90. The first-order valence-corrected chi connectivity index (χ1v) is 11.9. The molecule has 0 spiro atoms. The largest absolute Gasteiger partial charge is 0.493 e. The number of aryl methyl sites for hydroxylation is 1. The average Bonchev–Trinajstić information content (AvgIpc) is 3.21. The van der Waals surface area contributed by atoms with Gasteiger partial charge in [-0.25, -0.2) is 4.98 Å². The molecule has 3 aromatic rings. The highest BCUT2D eigenvalue weighted by molar-refractivity contribution is 7.99. The quantitative estimate of drug-likeness (QED) is 0.494. The average molecular weight is 452 g/mol. The van der Waals surface area contributed by atoms with E-state index in [0.29, 0.717) is 23.8 Å². The molecule has 0 unspecified atom stereocenters. The van der Waals surface area contributed by atoms with Gasteiger partial charge >= 0.3 is 0 Å². The molecule has 0 bridgehead atoms. The number of hydrogen-bond donors (Lipinski definition) is 1. The van der Waals surface area contributed by atoms with Gasteiger partial charge in [-0.05, 0) is 61.9 Å². The number of amides is 1. The molecule has 0 saturated heterocycles. The Morgan fingerprint density at radius 3 is 2.62 bits per heavy atom. The van der Waals surface area contributed by atoms with Crippen molar-refractivity contribution < 1.29 is 14.3 Å². The molecule has 1 aliphatic rings. The first kappa shape index (κ1) is 22.3. The molecule has 32 heavy (non-hydrogen) atoms. The summed E-state index contributed by atoms with van der Waals surface area (Å²) < 4.78 is 12.9. The molecule has 0 aliphatic heterocycles. The molecule has 1 aliphatic carbocycles. The molecule has 0 atom stereocenters. The van der Waals surface area contributed by atoms with Crippen LogP contribution in [0.15, 0.2) is 53.7 Å². The van der Waals surface area contributed by atoms with Gasteiger partial charge in [0.1, 0.15) is 0 Å². The number of carbonyl (C=O) groups excluding carboxylic acids is 1. The number of ether oxygens (including phenoxy) is 2. The van der Waals surface area contributed by atoms with E-state index in [1.807, 2.05) is 36.4 Å². The number of methoxy groups -OCH3 is 2. The van der Waals surface area contributed by atoms with Crippen LogP contribution >= 0.6 is 11.8 Å². The molecule has 1 N–H and O–H groups in total. The number of aromatic nitrogens is 2. The van der Waals surface area contributed by atoms with Gasteiger partial charge in [-0.3, -0.25) is 9.36 Å². The summed E-state index contributed by atoms with van der Waals surface area (Å²) >= 11 is 1.50. The number of fused-ring (bicyclic) bond motifs is 1. The third-order valence-corrected chi connectivity index (χ3v) is 6.57. The van der Waals surface area contributed by atoms with Gasteiger partial charge in [0.25, 0.3) is 0 Å². The van der Waals surface area contributed by atoms with Crippen molar-refractivity contribution in [3.8, 4) is 17.2 Å². The Labute approximate surface area is 193 Å². The van der Waals surface area contributed by atoms with Gasteiger partial charge in [0.05, 0.1) is 25.7 Å². The molecule has 2 aromatic carbocycles. The molecular formula is C25H29N3O3S. The lowest BCUT2D eigenvalue weighted by Gasteiger charge is -2.15. The highest BCUT2D eigenvalue weighted by Gasteiger charge is 2.21. The number of nitrogens with zero attached hydrogens (tertiary/aromatic N) is 2. The van der Waals surface area contributed by atoms with Crippen molar-refractivity contribution in [3.05, 3.63) is 65.5 Å². The van der Waals surface area contributed by atoms with Crippen LogP contribution in [0.4, 0.5) is 0 Å². The molecule has 7 heteroatoms. The van der Waals surface area contributed by atoms with Crippen molar-refractivity contribution in [2.24, 2.45) is 0 Å². The standard InChI is InChI=1S/C25H29N3O3S/c1-30-22-13-12-18(16-23(22)31-2)14-15-26-24(29)17-32-25-27-20-10-6-7-11-21(20)28(25)19-8-4-3-5-9-19/h3-5,8-9,12-13,16H,6-7,10-11,14-15,17H2,1-2H3,(H,26,29). The number of hydrogen-bond acceptors (Lipinski definition) is 5. The third-order valence-electron chi connectivity index (χ3n) is 5.63. The zero-order valence-corrected chi connectivity index (χ0v) is 19.4. The van der Waals surface area contributed by atoms with Crippen LogP contribution < -0.4 is 14.8 Å². The summed E-state index contributed by atoms with van der Waals surface area (Å²) in [6.45, 7) is 0.568. The highest BCUT2D eigenvalue weighted by atomic mass is 32.2. The van der Waals surface area contributed by atoms with Gasteiger partial charge in [-0.15, -0.1) is 0 Å². The van der Waals surface area contributed by atoms with Crippen LogP contribution in [-0.2, 0) is 24.1 Å². The second-order valence-electron chi connectivity index (χ2n) is 7.74. The Kier molecular flexibility index (Phi) is 7.37. The predicted octanol–water partition coefficient (Wildman–Crippen LogP) is 4.22.